The second-order valence-corrected chi connectivity index (χ2v) is 10.7. The molecule has 1 aliphatic rings. The third-order valence-corrected chi connectivity index (χ3v) is 9.13. The Bertz CT molecular complexity index is 1340. The summed E-state index contributed by atoms with van der Waals surface area (Å²) in [7, 11) is -3.25. The van der Waals surface area contributed by atoms with E-state index in [2.05, 4.69) is 0 Å². The third-order valence-electron chi connectivity index (χ3n) is 5.79. The van der Waals surface area contributed by atoms with E-state index >= 15 is 4.57 Å². The number of fused-ring (bicyclic) bond motifs is 1. The van der Waals surface area contributed by atoms with Gasteiger partial charge in [0, 0.05) is 27.8 Å². The standard InChI is InChI=1S/C27H20NO4P/c29-28(30)21-16-17-24-26(18-21)32-25(20-10-4-1-5-11-20)19-27(24)33(31,22-12-6-2-7-13-22)23-14-8-3-9-15-23/h1-19,27H. The highest BCUT2D eigenvalue weighted by Gasteiger charge is 2.41. The van der Waals surface area contributed by atoms with Crippen molar-refractivity contribution in [2.24, 2.45) is 0 Å². The lowest BCUT2D eigenvalue weighted by Crippen LogP contribution is -2.23. The van der Waals surface area contributed by atoms with Crippen molar-refractivity contribution in [1.29, 1.82) is 0 Å². The maximum atomic E-state index is 15.1. The summed E-state index contributed by atoms with van der Waals surface area (Å²) in [4.78, 5) is 11.0. The molecule has 6 heteroatoms. The number of hydrogen-bond donors (Lipinski definition) is 0. The highest BCUT2D eigenvalue weighted by molar-refractivity contribution is 7.79. The summed E-state index contributed by atoms with van der Waals surface area (Å²) in [6.07, 6.45) is 1.89. The Labute approximate surface area is 191 Å². The van der Waals surface area contributed by atoms with Gasteiger partial charge in [0.25, 0.3) is 5.69 Å². The van der Waals surface area contributed by atoms with E-state index in [4.69, 9.17) is 4.74 Å². The van der Waals surface area contributed by atoms with Crippen LogP contribution in [-0.4, -0.2) is 4.92 Å². The van der Waals surface area contributed by atoms with Crippen LogP contribution in [0.1, 0.15) is 16.8 Å². The molecule has 0 bridgehead atoms. The van der Waals surface area contributed by atoms with E-state index in [1.807, 2.05) is 97.1 Å². The van der Waals surface area contributed by atoms with E-state index < -0.39 is 17.7 Å². The topological polar surface area (TPSA) is 69.4 Å². The molecule has 4 aromatic carbocycles. The van der Waals surface area contributed by atoms with Gasteiger partial charge in [0.05, 0.1) is 16.6 Å². The van der Waals surface area contributed by atoms with Gasteiger partial charge in [-0.2, -0.15) is 0 Å². The number of nitro groups is 1. The fraction of sp³-hybridized carbons (Fsp3) is 0.0370. The number of nitrogens with zero attached hydrogens (tertiary/aromatic N) is 1. The van der Waals surface area contributed by atoms with Crippen molar-refractivity contribution in [3.63, 3.8) is 0 Å². The molecular weight excluding hydrogens is 433 g/mol. The molecule has 4 aromatic rings. The van der Waals surface area contributed by atoms with Gasteiger partial charge in [-0.25, -0.2) is 0 Å². The van der Waals surface area contributed by atoms with Crippen molar-refractivity contribution in [3.8, 4) is 5.75 Å². The van der Waals surface area contributed by atoms with Gasteiger partial charge in [0.2, 0.25) is 0 Å². The molecule has 0 spiro atoms. The Hall–Kier alpha value is -3.95. The Morgan fingerprint density at radius 1 is 0.758 bits per heavy atom. The molecule has 162 valence electrons. The summed E-state index contributed by atoms with van der Waals surface area (Å²) >= 11 is 0. The number of ether oxygens (including phenoxy) is 1. The summed E-state index contributed by atoms with van der Waals surface area (Å²) in [5.74, 6) is 0.878. The number of rotatable bonds is 5. The summed E-state index contributed by atoms with van der Waals surface area (Å²) in [6.45, 7) is 0. The van der Waals surface area contributed by atoms with Gasteiger partial charge in [-0.1, -0.05) is 91.0 Å². The van der Waals surface area contributed by atoms with Crippen molar-refractivity contribution in [3.05, 3.63) is 137 Å². The Balaban J connectivity index is 1.78. The predicted octanol–water partition coefficient (Wildman–Crippen LogP) is 6.08. The van der Waals surface area contributed by atoms with Crippen LogP contribution in [0.2, 0.25) is 0 Å². The molecule has 1 heterocycles. The first-order valence-electron chi connectivity index (χ1n) is 10.5. The molecule has 5 nitrogen and oxygen atoms in total. The summed E-state index contributed by atoms with van der Waals surface area (Å²) < 4.78 is 21.2. The fourth-order valence-corrected chi connectivity index (χ4v) is 7.30. The first kappa shape index (κ1) is 20.9. The fourth-order valence-electron chi connectivity index (χ4n) is 4.18. The van der Waals surface area contributed by atoms with E-state index in [1.54, 1.807) is 6.07 Å². The van der Waals surface area contributed by atoms with Crippen LogP contribution in [0.4, 0.5) is 5.69 Å². The average Bonchev–Trinajstić information content (AvgIpc) is 2.88. The molecule has 0 aromatic heterocycles. The third kappa shape index (κ3) is 3.77. The molecule has 0 aliphatic carbocycles. The zero-order valence-corrected chi connectivity index (χ0v) is 18.5. The first-order valence-corrected chi connectivity index (χ1v) is 12.3. The van der Waals surface area contributed by atoms with Crippen molar-refractivity contribution in [2.45, 2.75) is 5.66 Å². The van der Waals surface area contributed by atoms with Crippen LogP contribution in [0.25, 0.3) is 5.76 Å². The first-order chi connectivity index (χ1) is 16.1. The molecule has 5 rings (SSSR count). The number of allylic oxidation sites excluding steroid dienone is 1. The zero-order chi connectivity index (χ0) is 22.8. The van der Waals surface area contributed by atoms with Crippen molar-refractivity contribution >= 4 is 29.2 Å². The Kier molecular flexibility index (Phi) is 5.41. The van der Waals surface area contributed by atoms with E-state index in [0.717, 1.165) is 16.2 Å². The molecule has 0 fully saturated rings. The van der Waals surface area contributed by atoms with Crippen LogP contribution < -0.4 is 15.3 Å². The number of benzene rings is 4. The minimum absolute atomic E-state index is 0.0731. The lowest BCUT2D eigenvalue weighted by atomic mass is 10.0. The maximum Gasteiger partial charge on any atom is 0.273 e. The quantitative estimate of drug-likeness (QED) is 0.209. The molecule has 0 N–H and O–H groups in total. The number of non-ortho nitro benzene ring substituents is 1. The number of nitro benzene ring substituents is 1. The molecule has 1 atom stereocenters. The van der Waals surface area contributed by atoms with Crippen LogP contribution in [0, 0.1) is 10.1 Å². The van der Waals surface area contributed by atoms with E-state index in [-0.39, 0.29) is 5.69 Å². The molecule has 0 saturated carbocycles. The van der Waals surface area contributed by atoms with Gasteiger partial charge < -0.3 is 9.30 Å². The monoisotopic (exact) mass is 453 g/mol. The molecule has 0 amide bonds. The Morgan fingerprint density at radius 2 is 1.30 bits per heavy atom. The normalized spacial score (nSPS) is 15.2. The second-order valence-electron chi connectivity index (χ2n) is 7.75. The van der Waals surface area contributed by atoms with Crippen LogP contribution in [-0.2, 0) is 4.57 Å². The van der Waals surface area contributed by atoms with Crippen LogP contribution in [0.15, 0.2) is 115 Å². The van der Waals surface area contributed by atoms with Crippen LogP contribution >= 0.6 is 7.14 Å². The van der Waals surface area contributed by atoms with Gasteiger partial charge >= 0.3 is 0 Å². The van der Waals surface area contributed by atoms with E-state index in [9.17, 15) is 10.1 Å². The predicted molar refractivity (Wildman–Crippen MR) is 131 cm³/mol. The van der Waals surface area contributed by atoms with Crippen LogP contribution in [0.5, 0.6) is 5.75 Å². The largest absolute Gasteiger partial charge is 0.456 e. The highest BCUT2D eigenvalue weighted by Crippen LogP contribution is 2.61. The summed E-state index contributed by atoms with van der Waals surface area (Å²) in [5.41, 5.74) is 0.849. The minimum atomic E-state index is -3.25. The van der Waals surface area contributed by atoms with E-state index in [1.165, 1.54) is 12.1 Å². The van der Waals surface area contributed by atoms with Crippen molar-refractivity contribution in [2.75, 3.05) is 0 Å². The van der Waals surface area contributed by atoms with Gasteiger partial charge in [-0.15, -0.1) is 0 Å². The lowest BCUT2D eigenvalue weighted by Gasteiger charge is -2.32. The van der Waals surface area contributed by atoms with Crippen LogP contribution in [0.3, 0.4) is 0 Å². The molecule has 1 unspecified atom stereocenters. The van der Waals surface area contributed by atoms with Gasteiger partial charge in [0.1, 0.15) is 11.5 Å². The summed E-state index contributed by atoms with van der Waals surface area (Å²) in [6, 6.07) is 32.8. The lowest BCUT2D eigenvalue weighted by molar-refractivity contribution is -0.384. The van der Waals surface area contributed by atoms with Gasteiger partial charge in [0.15, 0.2) is 7.14 Å². The number of hydrogen-bond acceptors (Lipinski definition) is 4. The maximum absolute atomic E-state index is 15.1. The average molecular weight is 453 g/mol. The summed E-state index contributed by atoms with van der Waals surface area (Å²) in [5, 5.41) is 12.9. The zero-order valence-electron chi connectivity index (χ0n) is 17.6. The molecule has 1 aliphatic heterocycles. The van der Waals surface area contributed by atoms with Gasteiger partial charge in [-0.05, 0) is 12.1 Å². The van der Waals surface area contributed by atoms with Crippen molar-refractivity contribution in [1.82, 2.24) is 0 Å². The molecule has 0 saturated heterocycles. The molecular formula is C27H20NO4P. The highest BCUT2D eigenvalue weighted by atomic mass is 31.2. The SMILES string of the molecule is O=[N+]([O-])c1ccc2c(c1)OC(c1ccccc1)=CC2P(=O)(c1ccccc1)c1ccccc1. The second kappa shape index (κ2) is 8.53. The minimum Gasteiger partial charge on any atom is -0.456 e. The Morgan fingerprint density at radius 3 is 1.85 bits per heavy atom. The van der Waals surface area contributed by atoms with E-state index in [0.29, 0.717) is 17.1 Å². The molecule has 0 radical (unpaired) electrons. The molecule has 33 heavy (non-hydrogen) atoms. The van der Waals surface area contributed by atoms with Crippen molar-refractivity contribution < 1.29 is 14.2 Å². The smallest absolute Gasteiger partial charge is 0.273 e. The van der Waals surface area contributed by atoms with Gasteiger partial charge in [-0.3, -0.25) is 10.1 Å².